The molecule has 2 aromatic carbocycles. The molecule has 1 atom stereocenters. The lowest BCUT2D eigenvalue weighted by Crippen LogP contribution is -2.19. The van der Waals surface area contributed by atoms with Crippen molar-refractivity contribution in [3.8, 4) is 0 Å². The van der Waals surface area contributed by atoms with Gasteiger partial charge in [0.25, 0.3) is 0 Å². The highest BCUT2D eigenvalue weighted by atomic mass is 79.9. The van der Waals surface area contributed by atoms with E-state index in [9.17, 15) is 0 Å². The molecule has 0 bridgehead atoms. The largest absolute Gasteiger partial charge is 0.0663 e. The van der Waals surface area contributed by atoms with Crippen molar-refractivity contribution in [3.05, 3.63) is 64.6 Å². The Morgan fingerprint density at radius 3 is 2.19 bits per heavy atom. The van der Waals surface area contributed by atoms with Crippen LogP contribution in [0.15, 0.2) is 59.1 Å². The van der Waals surface area contributed by atoms with Gasteiger partial charge in [0, 0.05) is 4.47 Å². The van der Waals surface area contributed by atoms with E-state index in [-0.39, 0.29) is 9.52 Å². The molecule has 0 saturated carbocycles. The highest BCUT2D eigenvalue weighted by Crippen LogP contribution is 2.17. The standard InChI is InChI=1S/C14H15BrSi/c1-11(12-7-9-13(15)10-8-12)16-14-5-3-2-4-6-14/h2-11H,16H2,1H3/t11-/m0/s1. The minimum absolute atomic E-state index is 0.213. The highest BCUT2D eigenvalue weighted by molar-refractivity contribution is 9.10. The number of halogens is 1. The van der Waals surface area contributed by atoms with Gasteiger partial charge in [0.05, 0.1) is 9.52 Å². The van der Waals surface area contributed by atoms with E-state index in [1.165, 1.54) is 10.8 Å². The van der Waals surface area contributed by atoms with Crippen LogP contribution in [0.25, 0.3) is 0 Å². The molecule has 2 aromatic rings. The molecule has 2 heteroatoms. The lowest BCUT2D eigenvalue weighted by Gasteiger charge is -2.11. The predicted molar refractivity (Wildman–Crippen MR) is 77.2 cm³/mol. The molecule has 0 unspecified atom stereocenters. The van der Waals surface area contributed by atoms with Crippen LogP contribution in [0.4, 0.5) is 0 Å². The Balaban J connectivity index is 2.09. The third kappa shape index (κ3) is 3.06. The van der Waals surface area contributed by atoms with E-state index in [4.69, 9.17) is 0 Å². The van der Waals surface area contributed by atoms with Gasteiger partial charge in [0.2, 0.25) is 0 Å². The van der Waals surface area contributed by atoms with Gasteiger partial charge in [-0.15, -0.1) is 0 Å². The van der Waals surface area contributed by atoms with Crippen molar-refractivity contribution < 1.29 is 0 Å². The molecule has 0 aromatic heterocycles. The Kier molecular flexibility index (Phi) is 3.96. The van der Waals surface area contributed by atoms with E-state index >= 15 is 0 Å². The molecule has 0 spiro atoms. The van der Waals surface area contributed by atoms with Gasteiger partial charge in [0.15, 0.2) is 0 Å². The van der Waals surface area contributed by atoms with E-state index in [0.29, 0.717) is 5.54 Å². The monoisotopic (exact) mass is 290 g/mol. The van der Waals surface area contributed by atoms with Crippen LogP contribution in [0.2, 0.25) is 0 Å². The summed E-state index contributed by atoms with van der Waals surface area (Å²) in [5.41, 5.74) is 2.16. The van der Waals surface area contributed by atoms with E-state index < -0.39 is 0 Å². The van der Waals surface area contributed by atoms with E-state index in [0.717, 1.165) is 4.47 Å². The summed E-state index contributed by atoms with van der Waals surface area (Å²) < 4.78 is 1.16. The molecule has 0 radical (unpaired) electrons. The first-order valence-corrected chi connectivity index (χ1v) is 7.87. The average Bonchev–Trinajstić information content (AvgIpc) is 2.31. The number of rotatable bonds is 3. The number of hydrogen-bond acceptors (Lipinski definition) is 0. The zero-order valence-electron chi connectivity index (χ0n) is 9.36. The Labute approximate surface area is 108 Å². The van der Waals surface area contributed by atoms with E-state index in [2.05, 4.69) is 77.5 Å². The SMILES string of the molecule is C[C@H]([SiH2]c1ccccc1)c1ccc(Br)cc1. The molecule has 2 rings (SSSR count). The first-order chi connectivity index (χ1) is 7.75. The second-order valence-corrected chi connectivity index (χ2v) is 7.51. The third-order valence-electron chi connectivity index (χ3n) is 2.82. The lowest BCUT2D eigenvalue weighted by atomic mass is 10.2. The van der Waals surface area contributed by atoms with Crippen molar-refractivity contribution >= 4 is 30.6 Å². The zero-order chi connectivity index (χ0) is 11.4. The second kappa shape index (κ2) is 5.46. The first-order valence-electron chi connectivity index (χ1n) is 5.55. The Bertz CT molecular complexity index is 436. The van der Waals surface area contributed by atoms with Crippen molar-refractivity contribution in [2.24, 2.45) is 0 Å². The fraction of sp³-hybridized carbons (Fsp3) is 0.143. The van der Waals surface area contributed by atoms with Crippen LogP contribution >= 0.6 is 15.9 Å². The summed E-state index contributed by atoms with van der Waals surface area (Å²) in [6.07, 6.45) is 0. The summed E-state index contributed by atoms with van der Waals surface area (Å²) in [7, 11) is -0.213. The molecule has 0 aliphatic rings. The minimum Gasteiger partial charge on any atom is -0.0663 e. The summed E-state index contributed by atoms with van der Waals surface area (Å²) >= 11 is 3.47. The van der Waals surface area contributed by atoms with E-state index in [1.54, 1.807) is 0 Å². The van der Waals surface area contributed by atoms with Crippen molar-refractivity contribution in [1.82, 2.24) is 0 Å². The fourth-order valence-corrected chi connectivity index (χ4v) is 3.90. The van der Waals surface area contributed by atoms with Gasteiger partial charge >= 0.3 is 0 Å². The summed E-state index contributed by atoms with van der Waals surface area (Å²) in [5, 5.41) is 1.54. The number of hydrogen-bond donors (Lipinski definition) is 0. The van der Waals surface area contributed by atoms with Crippen LogP contribution in [0.3, 0.4) is 0 Å². The second-order valence-electron chi connectivity index (χ2n) is 4.14. The van der Waals surface area contributed by atoms with Gasteiger partial charge in [-0.3, -0.25) is 0 Å². The van der Waals surface area contributed by atoms with Crippen molar-refractivity contribution in [3.63, 3.8) is 0 Å². The molecule has 82 valence electrons. The van der Waals surface area contributed by atoms with Crippen LogP contribution in [0, 0.1) is 0 Å². The molecule has 0 amide bonds. The topological polar surface area (TPSA) is 0 Å². The molecule has 0 fully saturated rings. The molecule has 0 aliphatic heterocycles. The van der Waals surface area contributed by atoms with E-state index in [1.807, 2.05) is 0 Å². The maximum absolute atomic E-state index is 3.47. The average molecular weight is 291 g/mol. The minimum atomic E-state index is -0.213. The molecule has 0 nitrogen and oxygen atoms in total. The van der Waals surface area contributed by atoms with Crippen molar-refractivity contribution in [2.45, 2.75) is 12.5 Å². The first kappa shape index (κ1) is 11.6. The molecule has 0 N–H and O–H groups in total. The summed E-state index contributed by atoms with van der Waals surface area (Å²) in [4.78, 5) is 0. The molecule has 16 heavy (non-hydrogen) atoms. The Morgan fingerprint density at radius 1 is 0.938 bits per heavy atom. The normalized spacial score (nSPS) is 13.1. The Hall–Kier alpha value is -0.863. The van der Waals surface area contributed by atoms with Crippen molar-refractivity contribution in [2.75, 3.05) is 0 Å². The van der Waals surface area contributed by atoms with Crippen LogP contribution in [-0.2, 0) is 0 Å². The zero-order valence-corrected chi connectivity index (χ0v) is 12.4. The molecule has 0 saturated heterocycles. The molecular formula is C14H15BrSi. The molecule has 0 heterocycles. The summed E-state index contributed by atoms with van der Waals surface area (Å²) in [6, 6.07) is 19.6. The highest BCUT2D eigenvalue weighted by Gasteiger charge is 2.06. The fourth-order valence-electron chi connectivity index (χ4n) is 1.88. The maximum atomic E-state index is 3.47. The van der Waals surface area contributed by atoms with Gasteiger partial charge in [-0.1, -0.05) is 70.5 Å². The summed E-state index contributed by atoms with van der Waals surface area (Å²) in [6.45, 7) is 2.34. The van der Waals surface area contributed by atoms with Crippen LogP contribution < -0.4 is 5.19 Å². The van der Waals surface area contributed by atoms with Gasteiger partial charge in [0.1, 0.15) is 0 Å². The van der Waals surface area contributed by atoms with Gasteiger partial charge < -0.3 is 0 Å². The maximum Gasteiger partial charge on any atom is 0.0620 e. The summed E-state index contributed by atoms with van der Waals surface area (Å²) in [5.74, 6) is 0. The smallest absolute Gasteiger partial charge is 0.0620 e. The molecular weight excluding hydrogens is 276 g/mol. The third-order valence-corrected chi connectivity index (χ3v) is 5.38. The number of benzene rings is 2. The molecule has 0 aliphatic carbocycles. The van der Waals surface area contributed by atoms with Crippen LogP contribution in [0.5, 0.6) is 0 Å². The van der Waals surface area contributed by atoms with Crippen LogP contribution in [0.1, 0.15) is 18.0 Å². The van der Waals surface area contributed by atoms with Gasteiger partial charge in [-0.05, 0) is 23.2 Å². The lowest BCUT2D eigenvalue weighted by molar-refractivity contribution is 1.07. The quantitative estimate of drug-likeness (QED) is 0.763. The van der Waals surface area contributed by atoms with Gasteiger partial charge in [-0.2, -0.15) is 0 Å². The van der Waals surface area contributed by atoms with Crippen molar-refractivity contribution in [1.29, 1.82) is 0 Å². The van der Waals surface area contributed by atoms with Gasteiger partial charge in [-0.25, -0.2) is 0 Å². The predicted octanol–water partition coefficient (Wildman–Crippen LogP) is 3.00. The van der Waals surface area contributed by atoms with Crippen LogP contribution in [-0.4, -0.2) is 9.52 Å². The Morgan fingerprint density at radius 2 is 1.56 bits per heavy atom.